The number of amides is 1. The second-order valence-corrected chi connectivity index (χ2v) is 8.29. The molecule has 28 heavy (non-hydrogen) atoms. The molecule has 3 heterocycles. The van der Waals surface area contributed by atoms with Gasteiger partial charge in [0.15, 0.2) is 6.29 Å². The molecule has 1 aromatic carbocycles. The fraction of sp³-hybridized carbons (Fsp3) is 0.350. The summed E-state index contributed by atoms with van der Waals surface area (Å²) in [7, 11) is 3.97. The summed E-state index contributed by atoms with van der Waals surface area (Å²) in [4.78, 5) is 32.0. The minimum absolute atomic E-state index is 0.0928. The normalized spacial score (nSPS) is 21.0. The Bertz CT molecular complexity index is 950. The van der Waals surface area contributed by atoms with Gasteiger partial charge in [0.05, 0.1) is 12.1 Å². The lowest BCUT2D eigenvalue weighted by Gasteiger charge is -2.21. The Balaban J connectivity index is 1.59. The number of rotatable bonds is 4. The van der Waals surface area contributed by atoms with Gasteiger partial charge in [0.1, 0.15) is 11.2 Å². The molecule has 1 aromatic heterocycles. The molecular formula is C20H22FN4O2P. The van der Waals surface area contributed by atoms with Crippen LogP contribution in [0.25, 0.3) is 0 Å². The molecule has 1 fully saturated rings. The summed E-state index contributed by atoms with van der Waals surface area (Å²) in [6, 6.07) is 7.46. The molecule has 146 valence electrons. The average molecular weight is 400 g/mol. The Morgan fingerprint density at radius 2 is 2.18 bits per heavy atom. The zero-order valence-electron chi connectivity index (χ0n) is 15.6. The standard InChI is InChI=1S/C20H22FN4O2P/c1-22-17-9-16(3-2-14(17)11-26)25-6-4-13-8-15(10-23-18(13)25)19(27)24-7-5-20(21,28)12-24/h2-3,8-11,22H,4-7,12,28H2,1H3. The van der Waals surface area contributed by atoms with Crippen molar-refractivity contribution in [3.63, 3.8) is 0 Å². The first kappa shape index (κ1) is 18.8. The zero-order chi connectivity index (χ0) is 19.9. The summed E-state index contributed by atoms with van der Waals surface area (Å²) < 4.78 is 14.0. The van der Waals surface area contributed by atoms with E-state index in [0.717, 1.165) is 42.0 Å². The number of carbonyl (C=O) groups excluding carboxylic acids is 2. The number of halogens is 1. The van der Waals surface area contributed by atoms with Crippen molar-refractivity contribution in [3.8, 4) is 0 Å². The molecule has 1 amide bonds. The predicted octanol–water partition coefficient (Wildman–Crippen LogP) is 3.02. The summed E-state index contributed by atoms with van der Waals surface area (Å²) in [5.74, 6) is 0.633. The number of benzene rings is 1. The molecule has 2 aliphatic rings. The van der Waals surface area contributed by atoms with Gasteiger partial charge in [0, 0.05) is 49.7 Å². The number of anilines is 3. The van der Waals surface area contributed by atoms with E-state index in [9.17, 15) is 14.0 Å². The molecule has 1 saturated heterocycles. The fourth-order valence-electron chi connectivity index (χ4n) is 3.82. The van der Waals surface area contributed by atoms with Gasteiger partial charge < -0.3 is 15.1 Å². The van der Waals surface area contributed by atoms with E-state index < -0.39 is 5.41 Å². The van der Waals surface area contributed by atoms with E-state index >= 15 is 0 Å². The highest BCUT2D eigenvalue weighted by Crippen LogP contribution is 2.36. The number of hydrogen-bond acceptors (Lipinski definition) is 5. The zero-order valence-corrected chi connectivity index (χ0v) is 16.8. The molecule has 0 aliphatic carbocycles. The Labute approximate surface area is 165 Å². The van der Waals surface area contributed by atoms with E-state index in [1.165, 1.54) is 0 Å². The Hall–Kier alpha value is -2.53. The third-order valence-electron chi connectivity index (χ3n) is 5.33. The predicted molar refractivity (Wildman–Crippen MR) is 110 cm³/mol. The number of aldehydes is 1. The van der Waals surface area contributed by atoms with Gasteiger partial charge in [-0.05, 0) is 36.2 Å². The lowest BCUT2D eigenvalue weighted by atomic mass is 10.1. The van der Waals surface area contributed by atoms with Crippen LogP contribution in [0.3, 0.4) is 0 Å². The van der Waals surface area contributed by atoms with Gasteiger partial charge in [0.2, 0.25) is 0 Å². The van der Waals surface area contributed by atoms with E-state index in [4.69, 9.17) is 0 Å². The molecule has 0 radical (unpaired) electrons. The van der Waals surface area contributed by atoms with Gasteiger partial charge in [-0.25, -0.2) is 9.37 Å². The van der Waals surface area contributed by atoms with Crippen LogP contribution in [-0.4, -0.2) is 54.2 Å². The van der Waals surface area contributed by atoms with Gasteiger partial charge in [-0.1, -0.05) is 9.24 Å². The van der Waals surface area contributed by atoms with Crippen LogP contribution in [-0.2, 0) is 6.42 Å². The van der Waals surface area contributed by atoms with Crippen LogP contribution in [0.5, 0.6) is 0 Å². The Morgan fingerprint density at radius 1 is 1.36 bits per heavy atom. The highest BCUT2D eigenvalue weighted by atomic mass is 31.0. The number of carbonyl (C=O) groups is 2. The quantitative estimate of drug-likeness (QED) is 0.631. The van der Waals surface area contributed by atoms with E-state index in [-0.39, 0.29) is 12.5 Å². The van der Waals surface area contributed by atoms with Crippen molar-refractivity contribution < 1.29 is 14.0 Å². The van der Waals surface area contributed by atoms with Gasteiger partial charge in [-0.3, -0.25) is 9.59 Å². The van der Waals surface area contributed by atoms with Crippen LogP contribution in [0.15, 0.2) is 30.5 Å². The fourth-order valence-corrected chi connectivity index (χ4v) is 4.17. The Kier molecular flexibility index (Phi) is 4.79. The van der Waals surface area contributed by atoms with Crippen molar-refractivity contribution in [1.82, 2.24) is 9.88 Å². The number of alkyl halides is 1. The van der Waals surface area contributed by atoms with Gasteiger partial charge in [-0.15, -0.1) is 0 Å². The third-order valence-corrected chi connectivity index (χ3v) is 5.80. The molecular weight excluding hydrogens is 378 g/mol. The van der Waals surface area contributed by atoms with Crippen molar-refractivity contribution in [2.75, 3.05) is 36.9 Å². The molecule has 2 aliphatic heterocycles. The lowest BCUT2D eigenvalue weighted by Crippen LogP contribution is -2.31. The van der Waals surface area contributed by atoms with Crippen LogP contribution >= 0.6 is 9.24 Å². The van der Waals surface area contributed by atoms with Crippen molar-refractivity contribution in [3.05, 3.63) is 47.2 Å². The monoisotopic (exact) mass is 400 g/mol. The van der Waals surface area contributed by atoms with E-state index in [0.29, 0.717) is 24.1 Å². The SMILES string of the molecule is CNc1cc(N2CCc3cc(C(=O)N4CCC(F)(P)C4)cnc32)ccc1C=O. The minimum atomic E-state index is -1.39. The maximum absolute atomic E-state index is 14.0. The summed E-state index contributed by atoms with van der Waals surface area (Å²) >= 11 is 0. The highest BCUT2D eigenvalue weighted by molar-refractivity contribution is 7.18. The average Bonchev–Trinajstić information content (AvgIpc) is 3.29. The number of aromatic nitrogens is 1. The third kappa shape index (κ3) is 3.35. The molecule has 2 unspecified atom stereocenters. The highest BCUT2D eigenvalue weighted by Gasteiger charge is 2.37. The van der Waals surface area contributed by atoms with Gasteiger partial charge in [-0.2, -0.15) is 0 Å². The maximum atomic E-state index is 14.0. The first-order valence-electron chi connectivity index (χ1n) is 9.22. The summed E-state index contributed by atoms with van der Waals surface area (Å²) in [5, 5.41) is 1.64. The summed E-state index contributed by atoms with van der Waals surface area (Å²) in [6.45, 7) is 1.25. The van der Waals surface area contributed by atoms with E-state index in [1.807, 2.05) is 18.2 Å². The van der Waals surface area contributed by atoms with Crippen molar-refractivity contribution >= 4 is 38.6 Å². The smallest absolute Gasteiger partial charge is 0.255 e. The van der Waals surface area contributed by atoms with Gasteiger partial charge in [0.25, 0.3) is 5.91 Å². The first-order valence-corrected chi connectivity index (χ1v) is 9.80. The van der Waals surface area contributed by atoms with Crippen LogP contribution in [0, 0.1) is 0 Å². The van der Waals surface area contributed by atoms with E-state index in [1.54, 1.807) is 24.2 Å². The van der Waals surface area contributed by atoms with Crippen molar-refractivity contribution in [2.45, 2.75) is 18.3 Å². The minimum Gasteiger partial charge on any atom is -0.387 e. The first-order chi connectivity index (χ1) is 13.4. The molecule has 0 bridgehead atoms. The molecule has 6 nitrogen and oxygen atoms in total. The number of hydrogen-bond donors (Lipinski definition) is 1. The number of nitrogens with zero attached hydrogens (tertiary/aromatic N) is 3. The molecule has 0 spiro atoms. The Morgan fingerprint density at radius 3 is 2.86 bits per heavy atom. The molecule has 1 N–H and O–H groups in total. The van der Waals surface area contributed by atoms with Crippen LogP contribution < -0.4 is 10.2 Å². The summed E-state index contributed by atoms with van der Waals surface area (Å²) in [5.41, 5.74) is 3.78. The van der Waals surface area contributed by atoms with Crippen LogP contribution in [0.1, 0.15) is 32.7 Å². The lowest BCUT2D eigenvalue weighted by molar-refractivity contribution is 0.0777. The van der Waals surface area contributed by atoms with Gasteiger partial charge >= 0.3 is 0 Å². The van der Waals surface area contributed by atoms with Crippen LogP contribution in [0.2, 0.25) is 0 Å². The molecule has 2 aromatic rings. The van der Waals surface area contributed by atoms with E-state index in [2.05, 4.69) is 24.4 Å². The second kappa shape index (κ2) is 7.13. The van der Waals surface area contributed by atoms with Crippen LogP contribution in [0.4, 0.5) is 21.6 Å². The molecule has 0 saturated carbocycles. The van der Waals surface area contributed by atoms with Crippen molar-refractivity contribution in [1.29, 1.82) is 0 Å². The topological polar surface area (TPSA) is 65.5 Å². The largest absolute Gasteiger partial charge is 0.387 e. The number of fused-ring (bicyclic) bond motifs is 1. The molecule has 8 heteroatoms. The number of likely N-dealkylation sites (tertiary alicyclic amines) is 1. The van der Waals surface area contributed by atoms with Crippen molar-refractivity contribution in [2.24, 2.45) is 0 Å². The molecule has 2 atom stereocenters. The summed E-state index contributed by atoms with van der Waals surface area (Å²) in [6.07, 6.45) is 3.49. The second-order valence-electron chi connectivity index (χ2n) is 7.26. The molecule has 4 rings (SSSR count). The number of nitrogens with one attached hydrogen (secondary N) is 1. The number of pyridine rings is 1. The maximum Gasteiger partial charge on any atom is 0.255 e.